The molecule has 1 aromatic rings. The first-order valence-electron chi connectivity index (χ1n) is 7.87. The highest BCUT2D eigenvalue weighted by atomic mass is 19.1. The molecule has 1 fully saturated rings. The van der Waals surface area contributed by atoms with E-state index in [2.05, 4.69) is 31.0 Å². The van der Waals surface area contributed by atoms with Crippen LogP contribution in [0.4, 0.5) is 10.1 Å². The maximum Gasteiger partial charge on any atom is 0.123 e. The van der Waals surface area contributed by atoms with Gasteiger partial charge in [-0.2, -0.15) is 0 Å². The van der Waals surface area contributed by atoms with Crippen LogP contribution in [-0.4, -0.2) is 32.8 Å². The predicted octanol–water partition coefficient (Wildman–Crippen LogP) is 3.36. The van der Waals surface area contributed by atoms with E-state index in [9.17, 15) is 4.39 Å². The highest BCUT2D eigenvalue weighted by molar-refractivity contribution is 5.55. The molecule has 1 aromatic carbocycles. The first-order valence-corrected chi connectivity index (χ1v) is 7.87. The number of piperidine rings is 1. The fourth-order valence-electron chi connectivity index (χ4n) is 3.14. The van der Waals surface area contributed by atoms with Crippen LogP contribution in [0.15, 0.2) is 18.2 Å². The van der Waals surface area contributed by atoms with Gasteiger partial charge in [0.05, 0.1) is 6.10 Å². The summed E-state index contributed by atoms with van der Waals surface area (Å²) in [6, 6.07) is 5.25. The number of hydrogen-bond donors (Lipinski definition) is 1. The number of ether oxygens (including phenoxy) is 1. The van der Waals surface area contributed by atoms with Gasteiger partial charge in [0.1, 0.15) is 5.82 Å². The lowest BCUT2D eigenvalue weighted by Gasteiger charge is -2.39. The number of halogens is 1. The normalized spacial score (nSPS) is 24.1. The minimum atomic E-state index is -0.174. The molecule has 1 aliphatic heterocycles. The average Bonchev–Trinajstić information content (AvgIpc) is 2.48. The van der Waals surface area contributed by atoms with Crippen LogP contribution in [0.1, 0.15) is 38.8 Å². The van der Waals surface area contributed by atoms with Crippen molar-refractivity contribution in [2.24, 2.45) is 5.92 Å². The Balaban J connectivity index is 2.26. The molecular weight excluding hydrogens is 267 g/mol. The molecular formula is C17H27FN2O. The highest BCUT2D eigenvalue weighted by Crippen LogP contribution is 2.31. The Bertz CT molecular complexity index is 466. The first kappa shape index (κ1) is 16.2. The van der Waals surface area contributed by atoms with Gasteiger partial charge in [-0.05, 0) is 49.6 Å². The predicted molar refractivity (Wildman–Crippen MR) is 85.3 cm³/mol. The number of anilines is 1. The average molecular weight is 294 g/mol. The van der Waals surface area contributed by atoms with E-state index >= 15 is 0 Å². The molecule has 1 saturated heterocycles. The quantitative estimate of drug-likeness (QED) is 0.901. The first-order chi connectivity index (χ1) is 10.1. The summed E-state index contributed by atoms with van der Waals surface area (Å²) in [7, 11) is 1.78. The Morgan fingerprint density at radius 1 is 1.48 bits per heavy atom. The van der Waals surface area contributed by atoms with Gasteiger partial charge in [0.2, 0.25) is 0 Å². The molecule has 0 aromatic heterocycles. The molecule has 0 aliphatic carbocycles. The third-order valence-electron chi connectivity index (χ3n) is 4.50. The van der Waals surface area contributed by atoms with E-state index in [-0.39, 0.29) is 18.0 Å². The second-order valence-electron chi connectivity index (χ2n) is 5.97. The van der Waals surface area contributed by atoms with E-state index in [1.165, 1.54) is 0 Å². The van der Waals surface area contributed by atoms with Crippen molar-refractivity contribution in [3.05, 3.63) is 29.6 Å². The van der Waals surface area contributed by atoms with Crippen LogP contribution in [0.2, 0.25) is 0 Å². The van der Waals surface area contributed by atoms with Gasteiger partial charge in [-0.1, -0.05) is 13.8 Å². The lowest BCUT2D eigenvalue weighted by atomic mass is 9.94. The lowest BCUT2D eigenvalue weighted by Crippen LogP contribution is -2.44. The largest absolute Gasteiger partial charge is 0.379 e. The van der Waals surface area contributed by atoms with Crippen LogP contribution < -0.4 is 10.2 Å². The lowest BCUT2D eigenvalue weighted by molar-refractivity contribution is 0.0498. The van der Waals surface area contributed by atoms with Gasteiger partial charge < -0.3 is 15.0 Å². The van der Waals surface area contributed by atoms with Crippen LogP contribution >= 0.6 is 0 Å². The number of rotatable bonds is 5. The van der Waals surface area contributed by atoms with Gasteiger partial charge in [-0.15, -0.1) is 0 Å². The number of nitrogens with one attached hydrogen (secondary N) is 1. The molecule has 3 unspecified atom stereocenters. The van der Waals surface area contributed by atoms with E-state index < -0.39 is 0 Å². The topological polar surface area (TPSA) is 24.5 Å². The second-order valence-corrected chi connectivity index (χ2v) is 5.97. The maximum atomic E-state index is 13.6. The van der Waals surface area contributed by atoms with Gasteiger partial charge >= 0.3 is 0 Å². The Morgan fingerprint density at radius 3 is 2.90 bits per heavy atom. The molecule has 0 amide bonds. The minimum Gasteiger partial charge on any atom is -0.379 e. The number of methoxy groups -OCH3 is 1. The third-order valence-corrected chi connectivity index (χ3v) is 4.50. The molecule has 0 saturated carbocycles. The van der Waals surface area contributed by atoms with Gasteiger partial charge in [0, 0.05) is 31.9 Å². The zero-order valence-electron chi connectivity index (χ0n) is 13.5. The summed E-state index contributed by atoms with van der Waals surface area (Å²) in [6.07, 6.45) is 1.34. The maximum absolute atomic E-state index is 13.6. The van der Waals surface area contributed by atoms with Crippen molar-refractivity contribution in [2.75, 3.05) is 31.6 Å². The van der Waals surface area contributed by atoms with Crippen molar-refractivity contribution < 1.29 is 9.13 Å². The third kappa shape index (κ3) is 3.74. The molecule has 3 atom stereocenters. The molecule has 1 aliphatic rings. The zero-order chi connectivity index (χ0) is 15.4. The van der Waals surface area contributed by atoms with Crippen LogP contribution in [0.25, 0.3) is 0 Å². The van der Waals surface area contributed by atoms with Gasteiger partial charge in [0.15, 0.2) is 0 Å². The van der Waals surface area contributed by atoms with Crippen molar-refractivity contribution >= 4 is 5.69 Å². The molecule has 2 rings (SSSR count). The molecule has 0 spiro atoms. The van der Waals surface area contributed by atoms with Crippen LogP contribution in [-0.2, 0) is 4.74 Å². The van der Waals surface area contributed by atoms with E-state index in [0.29, 0.717) is 5.92 Å². The minimum absolute atomic E-state index is 0.140. The fraction of sp³-hybridized carbons (Fsp3) is 0.647. The number of benzene rings is 1. The van der Waals surface area contributed by atoms with Crippen LogP contribution in [0, 0.1) is 11.7 Å². The molecule has 0 radical (unpaired) electrons. The van der Waals surface area contributed by atoms with Crippen molar-refractivity contribution in [1.82, 2.24) is 5.32 Å². The molecule has 1 heterocycles. The SMILES string of the molecule is CCNC(C)c1cc(F)ccc1N1CCC(C)C(OC)C1. The summed E-state index contributed by atoms with van der Waals surface area (Å²) in [6.45, 7) is 9.13. The molecule has 0 bridgehead atoms. The van der Waals surface area contributed by atoms with Crippen LogP contribution in [0.3, 0.4) is 0 Å². The summed E-state index contributed by atoms with van der Waals surface area (Å²) in [4.78, 5) is 2.33. The number of nitrogens with zero attached hydrogens (tertiary/aromatic N) is 1. The van der Waals surface area contributed by atoms with Crippen molar-refractivity contribution in [3.63, 3.8) is 0 Å². The molecule has 1 N–H and O–H groups in total. The van der Waals surface area contributed by atoms with E-state index in [4.69, 9.17) is 4.74 Å². The number of hydrogen-bond acceptors (Lipinski definition) is 3. The Hall–Kier alpha value is -1.13. The summed E-state index contributed by atoms with van der Waals surface area (Å²) in [5, 5.41) is 3.38. The zero-order valence-corrected chi connectivity index (χ0v) is 13.5. The fourth-order valence-corrected chi connectivity index (χ4v) is 3.14. The summed E-state index contributed by atoms with van der Waals surface area (Å²) in [5.41, 5.74) is 2.15. The van der Waals surface area contributed by atoms with Gasteiger partial charge in [0.25, 0.3) is 0 Å². The Morgan fingerprint density at radius 2 is 2.24 bits per heavy atom. The van der Waals surface area contributed by atoms with Gasteiger partial charge in [-0.25, -0.2) is 4.39 Å². The van der Waals surface area contributed by atoms with Crippen molar-refractivity contribution in [3.8, 4) is 0 Å². The smallest absolute Gasteiger partial charge is 0.123 e. The Labute approximate surface area is 127 Å². The molecule has 21 heavy (non-hydrogen) atoms. The van der Waals surface area contributed by atoms with Gasteiger partial charge in [-0.3, -0.25) is 0 Å². The molecule has 118 valence electrons. The van der Waals surface area contributed by atoms with Crippen molar-refractivity contribution in [1.29, 1.82) is 0 Å². The van der Waals surface area contributed by atoms with Crippen LogP contribution in [0.5, 0.6) is 0 Å². The summed E-state index contributed by atoms with van der Waals surface area (Å²) >= 11 is 0. The van der Waals surface area contributed by atoms with E-state index in [1.54, 1.807) is 19.2 Å². The standard InChI is InChI=1S/C17H27FN2O/c1-5-19-13(3)15-10-14(18)6-7-16(15)20-9-8-12(2)17(11-20)21-4/h6-7,10,12-13,17,19H,5,8-9,11H2,1-4H3. The molecule has 4 heteroatoms. The summed E-state index contributed by atoms with van der Waals surface area (Å²) in [5.74, 6) is 0.397. The summed E-state index contributed by atoms with van der Waals surface area (Å²) < 4.78 is 19.2. The molecule has 3 nitrogen and oxygen atoms in total. The van der Waals surface area contributed by atoms with E-state index in [1.807, 2.05) is 6.07 Å². The monoisotopic (exact) mass is 294 g/mol. The van der Waals surface area contributed by atoms with Crippen molar-refractivity contribution in [2.45, 2.75) is 39.3 Å². The highest BCUT2D eigenvalue weighted by Gasteiger charge is 2.28. The Kier molecular flexibility index (Phi) is 5.59. The van der Waals surface area contributed by atoms with E-state index in [0.717, 1.165) is 37.3 Å². The second kappa shape index (κ2) is 7.23.